The van der Waals surface area contributed by atoms with Gasteiger partial charge in [-0.05, 0) is 25.5 Å². The lowest BCUT2D eigenvalue weighted by Crippen LogP contribution is -2.26. The van der Waals surface area contributed by atoms with Crippen LogP contribution in [0.15, 0.2) is 18.3 Å². The monoisotopic (exact) mass is 287 g/mol. The van der Waals surface area contributed by atoms with Crippen LogP contribution < -0.4 is 4.74 Å². The second-order valence-electron chi connectivity index (χ2n) is 3.15. The Bertz CT molecular complexity index is 357. The van der Waals surface area contributed by atoms with Crippen molar-refractivity contribution in [2.75, 3.05) is 6.61 Å². The number of hydrogen-bond acceptors (Lipinski definition) is 4. The van der Waals surface area contributed by atoms with Crippen LogP contribution in [0, 0.1) is 0 Å². The fraction of sp³-hybridized carbons (Fsp3) is 0.455. The highest BCUT2D eigenvalue weighted by Crippen LogP contribution is 2.13. The van der Waals surface area contributed by atoms with Gasteiger partial charge in [-0.25, -0.2) is 9.78 Å². The average molecular weight is 288 g/mol. The summed E-state index contributed by atoms with van der Waals surface area (Å²) in [6.07, 6.45) is 1.00. The highest BCUT2D eigenvalue weighted by atomic mass is 79.9. The largest absolute Gasteiger partial charge is 0.463 e. The molecule has 0 aromatic carbocycles. The Hall–Kier alpha value is -1.10. The Morgan fingerprint density at radius 3 is 3.00 bits per heavy atom. The molecule has 0 saturated carbocycles. The minimum Gasteiger partial charge on any atom is -0.463 e. The number of pyridine rings is 1. The van der Waals surface area contributed by atoms with Gasteiger partial charge in [-0.3, -0.25) is 0 Å². The van der Waals surface area contributed by atoms with E-state index >= 15 is 0 Å². The summed E-state index contributed by atoms with van der Waals surface area (Å²) in [5.74, 6) is 0.0473. The zero-order valence-corrected chi connectivity index (χ0v) is 10.9. The maximum absolute atomic E-state index is 11.3. The Balaban J connectivity index is 2.61. The van der Waals surface area contributed by atoms with Crippen LogP contribution in [0.5, 0.6) is 5.88 Å². The van der Waals surface area contributed by atoms with Crippen molar-refractivity contribution in [1.29, 1.82) is 0 Å². The molecule has 0 unspecified atom stereocenters. The van der Waals surface area contributed by atoms with Crippen molar-refractivity contribution in [3.63, 3.8) is 0 Å². The molecule has 0 aliphatic rings. The second kappa shape index (κ2) is 6.48. The molecule has 1 aromatic heterocycles. The van der Waals surface area contributed by atoms with E-state index < -0.39 is 6.10 Å². The summed E-state index contributed by atoms with van der Waals surface area (Å²) >= 11 is 3.34. The third-order valence-corrected chi connectivity index (χ3v) is 2.52. The van der Waals surface area contributed by atoms with Crippen molar-refractivity contribution in [1.82, 2.24) is 4.98 Å². The Morgan fingerprint density at radius 2 is 2.38 bits per heavy atom. The van der Waals surface area contributed by atoms with E-state index in [4.69, 9.17) is 9.47 Å². The van der Waals surface area contributed by atoms with Crippen molar-refractivity contribution in [2.24, 2.45) is 0 Å². The first-order valence-electron chi connectivity index (χ1n) is 5.01. The highest BCUT2D eigenvalue weighted by molar-refractivity contribution is 9.08. The van der Waals surface area contributed by atoms with E-state index in [-0.39, 0.29) is 5.97 Å². The molecule has 0 radical (unpaired) electrons. The molecule has 0 aliphatic heterocycles. The van der Waals surface area contributed by atoms with E-state index in [0.717, 1.165) is 10.9 Å². The number of aromatic nitrogens is 1. The average Bonchev–Trinajstić information content (AvgIpc) is 2.29. The summed E-state index contributed by atoms with van der Waals surface area (Å²) < 4.78 is 10.2. The fourth-order valence-corrected chi connectivity index (χ4v) is 1.44. The smallest absolute Gasteiger partial charge is 0.347 e. The maximum Gasteiger partial charge on any atom is 0.347 e. The number of rotatable bonds is 5. The van der Waals surface area contributed by atoms with Crippen LogP contribution in [0.1, 0.15) is 19.4 Å². The van der Waals surface area contributed by atoms with Crippen LogP contribution in [0.3, 0.4) is 0 Å². The number of halogens is 1. The van der Waals surface area contributed by atoms with Crippen LogP contribution in [0.25, 0.3) is 0 Å². The van der Waals surface area contributed by atoms with E-state index in [1.807, 2.05) is 6.07 Å². The lowest BCUT2D eigenvalue weighted by Gasteiger charge is -2.12. The number of hydrogen-bond donors (Lipinski definition) is 0. The fourth-order valence-electron chi connectivity index (χ4n) is 1.09. The van der Waals surface area contributed by atoms with Crippen LogP contribution in [0.4, 0.5) is 0 Å². The van der Waals surface area contributed by atoms with Crippen LogP contribution in [0.2, 0.25) is 0 Å². The standard InChI is InChI=1S/C11H14BrNO3/c1-3-15-11(14)8(2)16-10-6-9(7-12)4-5-13-10/h4-6,8H,3,7H2,1-2H3/t8-/m0/s1. The van der Waals surface area contributed by atoms with Gasteiger partial charge in [-0.1, -0.05) is 15.9 Å². The summed E-state index contributed by atoms with van der Waals surface area (Å²) in [7, 11) is 0. The molecule has 0 amide bonds. The maximum atomic E-state index is 11.3. The zero-order chi connectivity index (χ0) is 12.0. The van der Waals surface area contributed by atoms with Gasteiger partial charge in [0.25, 0.3) is 0 Å². The van der Waals surface area contributed by atoms with Gasteiger partial charge in [0.1, 0.15) is 0 Å². The molecule has 0 spiro atoms. The molecule has 0 saturated heterocycles. The summed E-state index contributed by atoms with van der Waals surface area (Å²) in [6.45, 7) is 3.75. The predicted octanol–water partition coefficient (Wildman–Crippen LogP) is 2.31. The van der Waals surface area contributed by atoms with E-state index in [0.29, 0.717) is 12.5 Å². The second-order valence-corrected chi connectivity index (χ2v) is 3.71. The third-order valence-electron chi connectivity index (χ3n) is 1.87. The number of alkyl halides is 1. The summed E-state index contributed by atoms with van der Waals surface area (Å²) in [4.78, 5) is 15.3. The molecule has 1 atom stereocenters. The molecule has 0 aliphatic carbocycles. The molecular formula is C11H14BrNO3. The quantitative estimate of drug-likeness (QED) is 0.616. The first kappa shape index (κ1) is 13.0. The van der Waals surface area contributed by atoms with Gasteiger partial charge in [0.2, 0.25) is 5.88 Å². The lowest BCUT2D eigenvalue weighted by molar-refractivity contribution is -0.150. The number of ether oxygens (including phenoxy) is 2. The summed E-state index contributed by atoms with van der Waals surface area (Å²) in [6, 6.07) is 3.65. The van der Waals surface area contributed by atoms with Crippen molar-refractivity contribution >= 4 is 21.9 Å². The van der Waals surface area contributed by atoms with Crippen molar-refractivity contribution in [3.8, 4) is 5.88 Å². The summed E-state index contributed by atoms with van der Waals surface area (Å²) in [5.41, 5.74) is 1.04. The number of carbonyl (C=O) groups excluding carboxylic acids is 1. The third kappa shape index (κ3) is 3.81. The number of nitrogens with zero attached hydrogens (tertiary/aromatic N) is 1. The SMILES string of the molecule is CCOC(=O)[C@H](C)Oc1cc(CBr)ccn1. The van der Waals surface area contributed by atoms with Gasteiger partial charge in [0.05, 0.1) is 6.61 Å². The molecule has 5 heteroatoms. The topological polar surface area (TPSA) is 48.4 Å². The Morgan fingerprint density at radius 1 is 1.62 bits per heavy atom. The molecule has 1 aromatic rings. The van der Waals surface area contributed by atoms with Gasteiger partial charge in [-0.2, -0.15) is 0 Å². The van der Waals surface area contributed by atoms with E-state index in [2.05, 4.69) is 20.9 Å². The van der Waals surface area contributed by atoms with Gasteiger partial charge in [0, 0.05) is 17.6 Å². The normalized spacial score (nSPS) is 11.9. The first-order valence-corrected chi connectivity index (χ1v) is 6.13. The van der Waals surface area contributed by atoms with Crippen molar-refractivity contribution < 1.29 is 14.3 Å². The van der Waals surface area contributed by atoms with E-state index in [1.165, 1.54) is 0 Å². The predicted molar refractivity (Wildman–Crippen MR) is 63.6 cm³/mol. The van der Waals surface area contributed by atoms with Crippen molar-refractivity contribution in [2.45, 2.75) is 25.3 Å². The van der Waals surface area contributed by atoms with Crippen molar-refractivity contribution in [3.05, 3.63) is 23.9 Å². The molecule has 88 valence electrons. The molecule has 1 heterocycles. The molecule has 4 nitrogen and oxygen atoms in total. The highest BCUT2D eigenvalue weighted by Gasteiger charge is 2.16. The molecular weight excluding hydrogens is 274 g/mol. The van der Waals surface area contributed by atoms with Gasteiger partial charge in [0.15, 0.2) is 6.10 Å². The lowest BCUT2D eigenvalue weighted by atomic mass is 10.3. The summed E-state index contributed by atoms with van der Waals surface area (Å²) in [5, 5.41) is 0.722. The minimum atomic E-state index is -0.641. The Labute approximate surface area is 103 Å². The van der Waals surface area contributed by atoms with Gasteiger partial charge in [-0.15, -0.1) is 0 Å². The molecule has 0 fully saturated rings. The van der Waals surface area contributed by atoms with Crippen LogP contribution in [-0.4, -0.2) is 23.7 Å². The van der Waals surface area contributed by atoms with E-state index in [9.17, 15) is 4.79 Å². The molecule has 0 N–H and O–H groups in total. The minimum absolute atomic E-state index is 0.349. The van der Waals surface area contributed by atoms with Crippen LogP contribution in [-0.2, 0) is 14.9 Å². The molecule has 0 bridgehead atoms. The molecule has 16 heavy (non-hydrogen) atoms. The Kier molecular flexibility index (Phi) is 5.25. The van der Waals surface area contributed by atoms with Gasteiger partial charge >= 0.3 is 5.97 Å². The van der Waals surface area contributed by atoms with Crippen LogP contribution >= 0.6 is 15.9 Å². The first-order chi connectivity index (χ1) is 7.67. The zero-order valence-electron chi connectivity index (χ0n) is 9.27. The number of esters is 1. The number of carbonyl (C=O) groups is 1. The van der Waals surface area contributed by atoms with Gasteiger partial charge < -0.3 is 9.47 Å². The van der Waals surface area contributed by atoms with E-state index in [1.54, 1.807) is 26.1 Å². The molecule has 1 rings (SSSR count).